The van der Waals surface area contributed by atoms with Gasteiger partial charge in [0.15, 0.2) is 0 Å². The molecule has 0 aromatic carbocycles. The van der Waals surface area contributed by atoms with Crippen molar-refractivity contribution >= 4 is 16.6 Å². The van der Waals surface area contributed by atoms with Gasteiger partial charge in [0.2, 0.25) is 0 Å². The van der Waals surface area contributed by atoms with Gasteiger partial charge in [0.25, 0.3) is 5.56 Å². The molecule has 0 bridgehead atoms. The van der Waals surface area contributed by atoms with E-state index < -0.39 is 18.3 Å². The quantitative estimate of drug-likeness (QED) is 0.771. The maximum atomic E-state index is 12.4. The fraction of sp³-hybridized carbons (Fsp3) is 0.526. The summed E-state index contributed by atoms with van der Waals surface area (Å²) in [6.07, 6.45) is 6.38. The number of aromatic nitrogens is 2. The van der Waals surface area contributed by atoms with Crippen molar-refractivity contribution < 1.29 is 10.2 Å². The summed E-state index contributed by atoms with van der Waals surface area (Å²) in [4.78, 5) is 21.3. The normalized spacial score (nSPS) is 20.0. The Morgan fingerprint density at radius 3 is 2.65 bits per heavy atom. The number of aliphatic hydroxyl groups is 2. The highest BCUT2D eigenvalue weighted by Crippen LogP contribution is 2.49. The first-order valence-corrected chi connectivity index (χ1v) is 9.07. The lowest BCUT2D eigenvalue weighted by Crippen LogP contribution is -2.44. The first-order valence-electron chi connectivity index (χ1n) is 9.07. The van der Waals surface area contributed by atoms with Gasteiger partial charge in [0.05, 0.1) is 29.7 Å². The number of fused-ring (bicyclic) bond motifs is 1. The van der Waals surface area contributed by atoms with Crippen LogP contribution in [-0.2, 0) is 0 Å². The van der Waals surface area contributed by atoms with Gasteiger partial charge in [-0.2, -0.15) is 5.26 Å². The second-order valence-corrected chi connectivity index (χ2v) is 7.48. The molecule has 2 aromatic heterocycles. The van der Waals surface area contributed by atoms with E-state index in [4.69, 9.17) is 0 Å². The van der Waals surface area contributed by atoms with Gasteiger partial charge >= 0.3 is 0 Å². The highest BCUT2D eigenvalue weighted by atomic mass is 16.3. The van der Waals surface area contributed by atoms with Crippen molar-refractivity contribution in [3.05, 3.63) is 33.9 Å². The number of anilines is 1. The lowest BCUT2D eigenvalue weighted by atomic mass is 9.63. The molecular weight excluding hydrogens is 332 g/mol. The summed E-state index contributed by atoms with van der Waals surface area (Å²) in [5.74, 6) is 0. The van der Waals surface area contributed by atoms with Crippen LogP contribution >= 0.6 is 0 Å². The average Bonchev–Trinajstić information content (AvgIpc) is 2.64. The van der Waals surface area contributed by atoms with E-state index in [1.807, 2.05) is 6.07 Å². The molecule has 4 rings (SSSR count). The molecule has 2 aromatic rings. The molecule has 26 heavy (non-hydrogen) atoms. The molecule has 3 heterocycles. The molecule has 1 saturated carbocycles. The topological polar surface area (TPSA) is 113 Å². The molecular formula is C19H22N4O3. The first kappa shape index (κ1) is 17.0. The molecule has 1 atom stereocenters. The Kier molecular flexibility index (Phi) is 4.17. The smallest absolute Gasteiger partial charge is 0.268 e. The average molecular weight is 354 g/mol. The van der Waals surface area contributed by atoms with Crippen molar-refractivity contribution in [2.24, 2.45) is 5.41 Å². The number of hydrogen-bond acceptors (Lipinski definition) is 6. The first-order chi connectivity index (χ1) is 12.6. The summed E-state index contributed by atoms with van der Waals surface area (Å²) in [7, 11) is 0. The molecule has 7 heteroatoms. The van der Waals surface area contributed by atoms with Crippen LogP contribution in [0.2, 0.25) is 0 Å². The lowest BCUT2D eigenvalue weighted by molar-refractivity contribution is 0.0924. The van der Waals surface area contributed by atoms with Crippen LogP contribution in [0.25, 0.3) is 10.9 Å². The Labute approximate surface area is 150 Å². The molecule has 1 aliphatic carbocycles. The minimum absolute atomic E-state index is 0.0951. The minimum Gasteiger partial charge on any atom is -0.393 e. The van der Waals surface area contributed by atoms with Gasteiger partial charge in [-0.25, -0.2) is 0 Å². The predicted octanol–water partition coefficient (Wildman–Crippen LogP) is 1.59. The molecule has 1 spiro atoms. The van der Waals surface area contributed by atoms with E-state index in [-0.39, 0.29) is 5.56 Å². The number of nitrogens with zero attached hydrogens (tertiary/aromatic N) is 3. The molecule has 3 N–H and O–H groups in total. The fourth-order valence-electron chi connectivity index (χ4n) is 4.28. The van der Waals surface area contributed by atoms with Crippen LogP contribution in [-0.4, -0.2) is 39.9 Å². The number of nitrogens with one attached hydrogen (secondary N) is 1. The number of piperidine rings is 1. The summed E-state index contributed by atoms with van der Waals surface area (Å²) in [6, 6.07) is 3.71. The van der Waals surface area contributed by atoms with E-state index in [1.54, 1.807) is 6.07 Å². The minimum atomic E-state index is -1.09. The van der Waals surface area contributed by atoms with E-state index in [0.717, 1.165) is 25.9 Å². The molecule has 2 aliphatic rings. The second-order valence-electron chi connectivity index (χ2n) is 7.48. The van der Waals surface area contributed by atoms with Crippen molar-refractivity contribution in [2.75, 3.05) is 24.6 Å². The van der Waals surface area contributed by atoms with Gasteiger partial charge in [0.1, 0.15) is 17.7 Å². The summed E-state index contributed by atoms with van der Waals surface area (Å²) in [5.41, 5.74) is 1.61. The maximum Gasteiger partial charge on any atom is 0.268 e. The summed E-state index contributed by atoms with van der Waals surface area (Å²) in [5, 5.41) is 29.4. The number of rotatable bonds is 3. The zero-order chi connectivity index (χ0) is 18.3. The van der Waals surface area contributed by atoms with Crippen LogP contribution in [0.15, 0.2) is 17.1 Å². The summed E-state index contributed by atoms with van der Waals surface area (Å²) in [6.45, 7) is 1.19. The maximum absolute atomic E-state index is 12.4. The number of nitriles is 1. The Morgan fingerprint density at radius 2 is 2.08 bits per heavy atom. The molecule has 1 saturated heterocycles. The number of aliphatic hydroxyl groups excluding tert-OH is 2. The van der Waals surface area contributed by atoms with Gasteiger partial charge in [-0.3, -0.25) is 9.78 Å². The van der Waals surface area contributed by atoms with Crippen LogP contribution in [0, 0.1) is 16.7 Å². The number of H-pyrrole nitrogens is 1. The predicted molar refractivity (Wildman–Crippen MR) is 96.9 cm³/mol. The SMILES string of the molecule is N#Cc1c(N2CCC3(CCC3)CC2)c2cc(C(O)CO)ncc2[nH]c1=O. The Balaban J connectivity index is 1.82. The zero-order valence-corrected chi connectivity index (χ0v) is 14.5. The zero-order valence-electron chi connectivity index (χ0n) is 14.5. The third-order valence-corrected chi connectivity index (χ3v) is 6.07. The number of pyridine rings is 2. The van der Waals surface area contributed by atoms with E-state index in [9.17, 15) is 20.3 Å². The summed E-state index contributed by atoms with van der Waals surface area (Å²) < 4.78 is 0. The van der Waals surface area contributed by atoms with Crippen LogP contribution in [0.1, 0.15) is 49.5 Å². The molecule has 1 aliphatic heterocycles. The van der Waals surface area contributed by atoms with Gasteiger partial charge < -0.3 is 20.1 Å². The molecule has 0 amide bonds. The van der Waals surface area contributed by atoms with Crippen LogP contribution in [0.3, 0.4) is 0 Å². The Hall–Kier alpha value is -2.43. The Morgan fingerprint density at radius 1 is 1.35 bits per heavy atom. The third kappa shape index (κ3) is 2.66. The van der Waals surface area contributed by atoms with E-state index in [0.29, 0.717) is 27.7 Å². The highest BCUT2D eigenvalue weighted by Gasteiger charge is 2.40. The van der Waals surface area contributed by atoms with Gasteiger partial charge in [-0.15, -0.1) is 0 Å². The van der Waals surface area contributed by atoms with Gasteiger partial charge in [-0.1, -0.05) is 6.42 Å². The van der Waals surface area contributed by atoms with Crippen molar-refractivity contribution in [2.45, 2.75) is 38.2 Å². The van der Waals surface area contributed by atoms with Gasteiger partial charge in [0, 0.05) is 18.5 Å². The highest BCUT2D eigenvalue weighted by molar-refractivity contribution is 5.94. The van der Waals surface area contributed by atoms with Crippen LogP contribution < -0.4 is 10.5 Å². The van der Waals surface area contributed by atoms with Crippen LogP contribution in [0.5, 0.6) is 0 Å². The summed E-state index contributed by atoms with van der Waals surface area (Å²) >= 11 is 0. The lowest BCUT2D eigenvalue weighted by Gasteiger charge is -2.48. The largest absolute Gasteiger partial charge is 0.393 e. The van der Waals surface area contributed by atoms with E-state index in [2.05, 4.69) is 14.9 Å². The molecule has 1 unspecified atom stereocenters. The Bertz CT molecular complexity index is 932. The standard InChI is InChI=1S/C19H22N4O3/c20-9-13-17(23-6-4-19(5-7-23)2-1-3-19)12-8-14(16(25)11-24)21-10-15(12)22-18(13)26/h8,10,16,24-25H,1-7,11H2,(H,22,26). The number of hydrogen-bond donors (Lipinski definition) is 3. The van der Waals surface area contributed by atoms with Crippen LogP contribution in [0.4, 0.5) is 5.69 Å². The van der Waals surface area contributed by atoms with Gasteiger partial charge in [-0.05, 0) is 37.2 Å². The van der Waals surface area contributed by atoms with Crippen molar-refractivity contribution in [1.82, 2.24) is 9.97 Å². The second kappa shape index (κ2) is 6.38. The number of aromatic amines is 1. The molecule has 0 radical (unpaired) electrons. The molecule has 136 valence electrons. The molecule has 2 fully saturated rings. The fourth-order valence-corrected chi connectivity index (χ4v) is 4.28. The van der Waals surface area contributed by atoms with Crippen molar-refractivity contribution in [3.63, 3.8) is 0 Å². The van der Waals surface area contributed by atoms with Crippen molar-refractivity contribution in [1.29, 1.82) is 5.26 Å². The van der Waals surface area contributed by atoms with E-state index in [1.165, 1.54) is 25.5 Å². The third-order valence-electron chi connectivity index (χ3n) is 6.07. The van der Waals surface area contributed by atoms with E-state index >= 15 is 0 Å². The molecule has 7 nitrogen and oxygen atoms in total. The monoisotopic (exact) mass is 354 g/mol. The van der Waals surface area contributed by atoms with Crippen molar-refractivity contribution in [3.8, 4) is 6.07 Å².